The van der Waals surface area contributed by atoms with Crippen LogP contribution < -0.4 is 5.32 Å². The number of hydrogen-bond acceptors (Lipinski definition) is 6. The van der Waals surface area contributed by atoms with Crippen LogP contribution in [0.3, 0.4) is 0 Å². The fourth-order valence-electron chi connectivity index (χ4n) is 8.23. The first-order valence-corrected chi connectivity index (χ1v) is 30.6. The fourth-order valence-corrected chi connectivity index (χ4v) is 8.96. The van der Waals surface area contributed by atoms with E-state index in [0.29, 0.717) is 17.4 Å². The molecule has 0 heterocycles. The fraction of sp³-hybridized carbons (Fsp3) is 0.800. The Kier molecular flexibility index (Phi) is 48.6. The molecule has 70 heavy (non-hydrogen) atoms. The lowest BCUT2D eigenvalue weighted by atomic mass is 10.0. The standard InChI is InChI=1S/C60H111N2O7P/c1-7-10-13-16-19-22-25-28-30-31-33-35-38-41-44-47-50-53-60(64)69-58(51-48-45-42-39-36-27-24-21-18-15-12-9-3)57(56-68-70(65,66)67-55-54-62(4,5)6)61-59(63)52-49-46-43-40-37-34-32-29-26-23-20-17-14-11-8-2/h11,14,17,20,23,26,28,30,48,51,57-58H,7-10,12-13,15-16,18-19,21-22,24-25,27,29,31-47,49-50,52-56H2,1-6H3,(H-,61,63,65,66)/p+1/b14-11+,20-17+,26-23+,30-28+,51-48+. The van der Waals surface area contributed by atoms with Crippen LogP contribution in [-0.2, 0) is 27.9 Å². The summed E-state index contributed by atoms with van der Waals surface area (Å²) in [6.45, 7) is 6.87. The molecule has 3 atom stereocenters. The van der Waals surface area contributed by atoms with E-state index in [-0.39, 0.29) is 31.5 Å². The molecule has 0 aliphatic rings. The van der Waals surface area contributed by atoms with Crippen molar-refractivity contribution in [2.75, 3.05) is 40.9 Å². The van der Waals surface area contributed by atoms with Crippen LogP contribution in [0.15, 0.2) is 60.8 Å². The van der Waals surface area contributed by atoms with Gasteiger partial charge in [0.2, 0.25) is 5.91 Å². The van der Waals surface area contributed by atoms with Crippen molar-refractivity contribution in [1.29, 1.82) is 0 Å². The van der Waals surface area contributed by atoms with Gasteiger partial charge in [-0.2, -0.15) is 0 Å². The topological polar surface area (TPSA) is 111 Å². The molecular weight excluding hydrogens is 892 g/mol. The van der Waals surface area contributed by atoms with E-state index in [1.165, 1.54) is 135 Å². The van der Waals surface area contributed by atoms with Crippen molar-refractivity contribution in [2.24, 2.45) is 0 Å². The van der Waals surface area contributed by atoms with Crippen LogP contribution in [0.5, 0.6) is 0 Å². The predicted octanol–water partition coefficient (Wildman–Crippen LogP) is 17.5. The number of phosphoric acid groups is 1. The molecule has 1 amide bonds. The molecule has 0 aromatic rings. The van der Waals surface area contributed by atoms with Gasteiger partial charge in [0.1, 0.15) is 19.3 Å². The second-order valence-corrected chi connectivity index (χ2v) is 22.3. The molecule has 0 saturated carbocycles. The number of nitrogens with one attached hydrogen (secondary N) is 1. The molecule has 2 N–H and O–H groups in total. The van der Waals surface area contributed by atoms with Gasteiger partial charge in [0.15, 0.2) is 0 Å². The highest BCUT2D eigenvalue weighted by Crippen LogP contribution is 2.43. The molecule has 0 aromatic heterocycles. The second-order valence-electron chi connectivity index (χ2n) is 20.8. The Morgan fingerprint density at radius 2 is 0.929 bits per heavy atom. The summed E-state index contributed by atoms with van der Waals surface area (Å²) in [5.74, 6) is -0.522. The van der Waals surface area contributed by atoms with Gasteiger partial charge in [0.05, 0.1) is 33.8 Å². The molecule has 0 aliphatic carbocycles. The van der Waals surface area contributed by atoms with Gasteiger partial charge in [0.25, 0.3) is 0 Å². The number of rotatable bonds is 52. The third-order valence-electron chi connectivity index (χ3n) is 12.8. The molecule has 0 fully saturated rings. The lowest BCUT2D eigenvalue weighted by Gasteiger charge is -2.27. The number of carbonyl (C=O) groups is 2. The van der Waals surface area contributed by atoms with Crippen LogP contribution in [0.2, 0.25) is 0 Å². The molecule has 9 nitrogen and oxygen atoms in total. The normalized spacial score (nSPS) is 14.2. The molecule has 408 valence electrons. The quantitative estimate of drug-likeness (QED) is 0.0156. The summed E-state index contributed by atoms with van der Waals surface area (Å²) in [6, 6.07) is -0.856. The Bertz CT molecular complexity index is 1390. The third kappa shape index (κ3) is 50.6. The molecule has 0 rings (SSSR count). The number of likely N-dealkylation sites (N-methyl/N-ethyl adjacent to an activating group) is 1. The van der Waals surface area contributed by atoms with Gasteiger partial charge in [-0.25, -0.2) is 4.57 Å². The van der Waals surface area contributed by atoms with Gasteiger partial charge < -0.3 is 19.4 Å². The minimum absolute atomic E-state index is 0.0357. The van der Waals surface area contributed by atoms with Gasteiger partial charge in [0, 0.05) is 12.8 Å². The highest BCUT2D eigenvalue weighted by Gasteiger charge is 2.30. The zero-order chi connectivity index (χ0) is 51.5. The average molecular weight is 1000 g/mol. The smallest absolute Gasteiger partial charge is 0.456 e. The first kappa shape index (κ1) is 67.7. The Balaban J connectivity index is 5.34. The van der Waals surface area contributed by atoms with E-state index in [0.717, 1.165) is 89.9 Å². The Hall–Kier alpha value is -2.29. The van der Waals surface area contributed by atoms with Crippen molar-refractivity contribution in [3.05, 3.63) is 60.8 Å². The van der Waals surface area contributed by atoms with E-state index >= 15 is 0 Å². The highest BCUT2D eigenvalue weighted by molar-refractivity contribution is 7.47. The van der Waals surface area contributed by atoms with Gasteiger partial charge in [-0.05, 0) is 76.7 Å². The van der Waals surface area contributed by atoms with Gasteiger partial charge >= 0.3 is 13.8 Å². The maximum Gasteiger partial charge on any atom is 0.472 e. The number of hydrogen-bond donors (Lipinski definition) is 2. The molecule has 0 saturated heterocycles. The summed E-state index contributed by atoms with van der Waals surface area (Å²) in [5, 5.41) is 3.04. The van der Waals surface area contributed by atoms with Gasteiger partial charge in [-0.1, -0.05) is 230 Å². The van der Waals surface area contributed by atoms with Crippen LogP contribution in [0.25, 0.3) is 0 Å². The van der Waals surface area contributed by atoms with Crippen LogP contribution in [0.4, 0.5) is 0 Å². The van der Waals surface area contributed by atoms with Crippen molar-refractivity contribution in [3.8, 4) is 0 Å². The zero-order valence-electron chi connectivity index (χ0n) is 46.5. The Labute approximate surface area is 432 Å². The molecule has 0 radical (unpaired) electrons. The number of unbranched alkanes of at least 4 members (excludes halogenated alkanes) is 30. The molecule has 0 spiro atoms. The number of amides is 1. The minimum atomic E-state index is -4.45. The summed E-state index contributed by atoms with van der Waals surface area (Å²) >= 11 is 0. The van der Waals surface area contributed by atoms with Crippen molar-refractivity contribution in [3.63, 3.8) is 0 Å². The summed E-state index contributed by atoms with van der Waals surface area (Å²) in [5.41, 5.74) is 0. The van der Waals surface area contributed by atoms with Crippen molar-refractivity contribution in [2.45, 2.75) is 270 Å². The Morgan fingerprint density at radius 1 is 0.514 bits per heavy atom. The van der Waals surface area contributed by atoms with Gasteiger partial charge in [-0.3, -0.25) is 18.6 Å². The molecule has 10 heteroatoms. The number of ether oxygens (including phenoxy) is 1. The summed E-state index contributed by atoms with van der Waals surface area (Å²) in [7, 11) is 1.48. The van der Waals surface area contributed by atoms with E-state index in [4.69, 9.17) is 13.8 Å². The van der Waals surface area contributed by atoms with Crippen molar-refractivity contribution in [1.82, 2.24) is 5.32 Å². The van der Waals surface area contributed by atoms with Crippen LogP contribution in [0, 0.1) is 0 Å². The van der Waals surface area contributed by atoms with Crippen LogP contribution in [-0.4, -0.2) is 74.3 Å². The number of carbonyl (C=O) groups excluding carboxylic acids is 2. The zero-order valence-corrected chi connectivity index (χ0v) is 47.4. The largest absolute Gasteiger partial charge is 0.472 e. The first-order valence-electron chi connectivity index (χ1n) is 29.1. The molecule has 0 aliphatic heterocycles. The van der Waals surface area contributed by atoms with Crippen molar-refractivity contribution < 1.29 is 37.3 Å². The average Bonchev–Trinajstić information content (AvgIpc) is 3.32. The molecule has 3 unspecified atom stereocenters. The summed E-state index contributed by atoms with van der Waals surface area (Å²) in [6.07, 6.45) is 62.1. The van der Waals surface area contributed by atoms with Crippen molar-refractivity contribution >= 4 is 19.7 Å². The third-order valence-corrected chi connectivity index (χ3v) is 13.7. The van der Waals surface area contributed by atoms with Crippen LogP contribution >= 0.6 is 7.82 Å². The van der Waals surface area contributed by atoms with E-state index in [1.807, 2.05) is 33.3 Å². The highest BCUT2D eigenvalue weighted by atomic mass is 31.2. The number of quaternary nitrogens is 1. The number of allylic oxidation sites excluding steroid dienone is 9. The SMILES string of the molecule is CC/C=C/C=C/C=C/CCCCCCCCCC(=O)NC(COP(=O)(O)OCC[N+](C)(C)C)C(/C=C/CCCCCCCCCCCC)OC(=O)CCCCCCCCC/C=C/CCCCCCCC. The Morgan fingerprint density at radius 3 is 1.40 bits per heavy atom. The number of nitrogens with zero attached hydrogens (tertiary/aromatic N) is 1. The summed E-state index contributed by atoms with van der Waals surface area (Å²) in [4.78, 5) is 37.6. The lowest BCUT2D eigenvalue weighted by molar-refractivity contribution is -0.870. The van der Waals surface area contributed by atoms with Gasteiger partial charge in [-0.15, -0.1) is 0 Å². The van der Waals surface area contributed by atoms with E-state index in [9.17, 15) is 19.0 Å². The van der Waals surface area contributed by atoms with E-state index < -0.39 is 20.0 Å². The second kappa shape index (κ2) is 50.3. The summed E-state index contributed by atoms with van der Waals surface area (Å²) < 4.78 is 30.6. The molecule has 0 bridgehead atoms. The first-order chi connectivity index (χ1) is 33.9. The predicted molar refractivity (Wildman–Crippen MR) is 300 cm³/mol. The van der Waals surface area contributed by atoms with E-state index in [1.54, 1.807) is 0 Å². The maximum absolute atomic E-state index is 13.5. The van der Waals surface area contributed by atoms with Crippen LogP contribution in [0.1, 0.15) is 258 Å². The number of esters is 1. The molecular formula is C60H112N2O7P+. The lowest BCUT2D eigenvalue weighted by Crippen LogP contribution is -2.47. The van der Waals surface area contributed by atoms with E-state index in [2.05, 4.69) is 74.7 Å². The molecule has 0 aromatic carbocycles. The monoisotopic (exact) mass is 1000 g/mol. The maximum atomic E-state index is 13.5. The number of phosphoric ester groups is 1. The minimum Gasteiger partial charge on any atom is -0.456 e.